The SMILES string of the molecule is C[C@@H](OC(=O)Nc1c(-c2ccc(NC(=O)C3CC(F)(F)C3)cn2)nnn1C)c1cccnc1F. The Bertz CT molecular complexity index is 1210. The minimum atomic E-state index is -2.79. The number of carbonyl (C=O) groups is 2. The highest BCUT2D eigenvalue weighted by Gasteiger charge is 2.48. The van der Waals surface area contributed by atoms with Gasteiger partial charge in [-0.2, -0.15) is 4.39 Å². The largest absolute Gasteiger partial charge is 0.441 e. The van der Waals surface area contributed by atoms with Gasteiger partial charge < -0.3 is 10.1 Å². The molecule has 3 aromatic rings. The van der Waals surface area contributed by atoms with Gasteiger partial charge in [-0.15, -0.1) is 5.10 Å². The molecule has 4 rings (SSSR count). The minimum absolute atomic E-state index is 0.117. The number of aryl methyl sites for hydroxylation is 1. The van der Waals surface area contributed by atoms with E-state index < -0.39 is 48.7 Å². The standard InChI is InChI=1S/C21H20F3N7O3/c1-11(14-4-3-7-25-17(14)22)34-20(33)28-18-16(29-30-31(18)2)15-6-5-13(10-26-15)27-19(32)12-8-21(23,24)9-12/h3-7,10-12H,8-9H2,1-2H3,(H,27,32)(H,28,33)/t11-/m1/s1. The number of amides is 2. The molecule has 10 nitrogen and oxygen atoms in total. The summed E-state index contributed by atoms with van der Waals surface area (Å²) in [6, 6.07) is 6.04. The summed E-state index contributed by atoms with van der Waals surface area (Å²) >= 11 is 0. The quantitative estimate of drug-likeness (QED) is 0.521. The molecule has 3 heterocycles. The zero-order valence-electron chi connectivity index (χ0n) is 18.1. The number of nitrogens with one attached hydrogen (secondary N) is 2. The predicted octanol–water partition coefficient (Wildman–Crippen LogP) is 3.70. The van der Waals surface area contributed by atoms with Crippen LogP contribution in [0.25, 0.3) is 11.4 Å². The lowest BCUT2D eigenvalue weighted by atomic mass is 9.81. The molecule has 178 valence electrons. The van der Waals surface area contributed by atoms with Gasteiger partial charge in [-0.3, -0.25) is 15.1 Å². The molecule has 1 aliphatic rings. The molecule has 0 bridgehead atoms. The molecule has 34 heavy (non-hydrogen) atoms. The van der Waals surface area contributed by atoms with E-state index in [1.807, 2.05) is 0 Å². The Kier molecular flexibility index (Phi) is 6.18. The fourth-order valence-electron chi connectivity index (χ4n) is 3.42. The highest BCUT2D eigenvalue weighted by atomic mass is 19.3. The first kappa shape index (κ1) is 23.1. The normalized spacial score (nSPS) is 15.8. The van der Waals surface area contributed by atoms with Crippen molar-refractivity contribution < 1.29 is 27.5 Å². The lowest BCUT2D eigenvalue weighted by Gasteiger charge is -2.33. The Labute approximate surface area is 191 Å². The van der Waals surface area contributed by atoms with Crippen molar-refractivity contribution in [1.82, 2.24) is 25.0 Å². The molecule has 0 aromatic carbocycles. The highest BCUT2D eigenvalue weighted by molar-refractivity contribution is 5.93. The molecule has 0 unspecified atom stereocenters. The molecular formula is C21H20F3N7O3. The maximum atomic E-state index is 13.8. The van der Waals surface area contributed by atoms with Crippen molar-refractivity contribution in [2.75, 3.05) is 10.6 Å². The van der Waals surface area contributed by atoms with Crippen LogP contribution in [0.1, 0.15) is 31.4 Å². The number of hydrogen-bond acceptors (Lipinski definition) is 7. The molecule has 0 spiro atoms. The summed E-state index contributed by atoms with van der Waals surface area (Å²) in [5, 5.41) is 12.9. The van der Waals surface area contributed by atoms with E-state index in [0.717, 1.165) is 0 Å². The van der Waals surface area contributed by atoms with Gasteiger partial charge in [0, 0.05) is 37.6 Å². The number of nitrogens with zero attached hydrogens (tertiary/aromatic N) is 5. The molecule has 2 amide bonds. The second-order valence-electron chi connectivity index (χ2n) is 7.85. The summed E-state index contributed by atoms with van der Waals surface area (Å²) in [6.07, 6.45) is -0.0936. The molecule has 0 aliphatic heterocycles. The zero-order valence-corrected chi connectivity index (χ0v) is 18.1. The fourth-order valence-corrected chi connectivity index (χ4v) is 3.42. The number of anilines is 2. The van der Waals surface area contributed by atoms with Gasteiger partial charge in [0.25, 0.3) is 0 Å². The molecule has 13 heteroatoms. The van der Waals surface area contributed by atoms with Crippen molar-refractivity contribution in [3.63, 3.8) is 0 Å². The molecule has 1 fully saturated rings. The van der Waals surface area contributed by atoms with Crippen LogP contribution in [0, 0.1) is 11.9 Å². The number of carbonyl (C=O) groups excluding carboxylic acids is 2. The average Bonchev–Trinajstić information content (AvgIpc) is 3.12. The van der Waals surface area contributed by atoms with Crippen molar-refractivity contribution in [3.8, 4) is 11.4 Å². The number of ether oxygens (including phenoxy) is 1. The van der Waals surface area contributed by atoms with Crippen LogP contribution >= 0.6 is 0 Å². The van der Waals surface area contributed by atoms with Crippen LogP contribution in [0.3, 0.4) is 0 Å². The first-order valence-corrected chi connectivity index (χ1v) is 10.3. The highest BCUT2D eigenvalue weighted by Crippen LogP contribution is 2.42. The molecule has 0 radical (unpaired) electrons. The van der Waals surface area contributed by atoms with Crippen LogP contribution in [0.2, 0.25) is 0 Å². The molecule has 1 aliphatic carbocycles. The van der Waals surface area contributed by atoms with E-state index in [9.17, 15) is 22.8 Å². The first-order valence-electron chi connectivity index (χ1n) is 10.3. The molecule has 1 saturated carbocycles. The third kappa shape index (κ3) is 4.97. The maximum Gasteiger partial charge on any atom is 0.413 e. The minimum Gasteiger partial charge on any atom is -0.441 e. The number of rotatable bonds is 6. The summed E-state index contributed by atoms with van der Waals surface area (Å²) in [5.74, 6) is -4.59. The summed E-state index contributed by atoms with van der Waals surface area (Å²) < 4.78 is 46.3. The molecule has 3 aromatic heterocycles. The Morgan fingerprint density at radius 1 is 1.21 bits per heavy atom. The van der Waals surface area contributed by atoms with Gasteiger partial charge in [0.2, 0.25) is 17.8 Å². The smallest absolute Gasteiger partial charge is 0.413 e. The van der Waals surface area contributed by atoms with Crippen LogP contribution in [-0.4, -0.2) is 42.9 Å². The average molecular weight is 475 g/mol. The van der Waals surface area contributed by atoms with E-state index in [0.29, 0.717) is 11.4 Å². The number of alkyl halides is 2. The number of hydrogen-bond donors (Lipinski definition) is 2. The van der Waals surface area contributed by atoms with E-state index in [1.165, 1.54) is 48.3 Å². The molecule has 2 N–H and O–H groups in total. The van der Waals surface area contributed by atoms with Crippen molar-refractivity contribution in [3.05, 3.63) is 48.2 Å². The summed E-state index contributed by atoms with van der Waals surface area (Å²) in [4.78, 5) is 32.2. The van der Waals surface area contributed by atoms with Crippen LogP contribution in [0.4, 0.5) is 29.5 Å². The third-order valence-corrected chi connectivity index (χ3v) is 5.29. The topological polar surface area (TPSA) is 124 Å². The predicted molar refractivity (Wildman–Crippen MR) is 113 cm³/mol. The summed E-state index contributed by atoms with van der Waals surface area (Å²) in [6.45, 7) is 1.50. The second kappa shape index (κ2) is 9.08. The van der Waals surface area contributed by atoms with E-state index >= 15 is 0 Å². The fraction of sp³-hybridized carbons (Fsp3) is 0.333. The van der Waals surface area contributed by atoms with E-state index in [2.05, 4.69) is 30.9 Å². The Balaban J connectivity index is 1.41. The van der Waals surface area contributed by atoms with Gasteiger partial charge in [0.1, 0.15) is 6.10 Å². The Morgan fingerprint density at radius 2 is 1.97 bits per heavy atom. The summed E-state index contributed by atoms with van der Waals surface area (Å²) in [5.41, 5.74) is 0.985. The number of aromatic nitrogens is 5. The van der Waals surface area contributed by atoms with Gasteiger partial charge in [0.15, 0.2) is 11.5 Å². The second-order valence-corrected chi connectivity index (χ2v) is 7.85. The van der Waals surface area contributed by atoms with Crippen LogP contribution in [0.5, 0.6) is 0 Å². The van der Waals surface area contributed by atoms with E-state index in [4.69, 9.17) is 4.74 Å². The maximum absolute atomic E-state index is 13.8. The number of pyridine rings is 2. The molecular weight excluding hydrogens is 455 g/mol. The van der Waals surface area contributed by atoms with E-state index in [-0.39, 0.29) is 17.1 Å². The van der Waals surface area contributed by atoms with E-state index in [1.54, 1.807) is 7.05 Å². The lowest BCUT2D eigenvalue weighted by Crippen LogP contribution is -2.42. The van der Waals surface area contributed by atoms with Gasteiger partial charge in [-0.05, 0) is 31.2 Å². The van der Waals surface area contributed by atoms with Gasteiger partial charge in [0.05, 0.1) is 17.6 Å². The Morgan fingerprint density at radius 3 is 2.62 bits per heavy atom. The van der Waals surface area contributed by atoms with Gasteiger partial charge in [-0.25, -0.2) is 23.2 Å². The van der Waals surface area contributed by atoms with Crippen molar-refractivity contribution in [1.29, 1.82) is 0 Å². The van der Waals surface area contributed by atoms with Crippen LogP contribution in [0.15, 0.2) is 36.7 Å². The van der Waals surface area contributed by atoms with Crippen molar-refractivity contribution >= 4 is 23.5 Å². The monoisotopic (exact) mass is 475 g/mol. The number of halogens is 3. The van der Waals surface area contributed by atoms with Crippen LogP contribution < -0.4 is 10.6 Å². The molecule has 0 saturated heterocycles. The van der Waals surface area contributed by atoms with Crippen molar-refractivity contribution in [2.45, 2.75) is 31.8 Å². The first-order chi connectivity index (χ1) is 16.1. The van der Waals surface area contributed by atoms with Crippen molar-refractivity contribution in [2.24, 2.45) is 13.0 Å². The zero-order chi connectivity index (χ0) is 24.5. The molecule has 1 atom stereocenters. The van der Waals surface area contributed by atoms with Crippen LogP contribution in [-0.2, 0) is 16.6 Å². The lowest BCUT2D eigenvalue weighted by molar-refractivity contribution is -0.145. The van der Waals surface area contributed by atoms with Gasteiger partial charge >= 0.3 is 6.09 Å². The third-order valence-electron chi connectivity index (χ3n) is 5.29. The summed E-state index contributed by atoms with van der Waals surface area (Å²) in [7, 11) is 1.54. The van der Waals surface area contributed by atoms with Gasteiger partial charge in [-0.1, -0.05) is 5.21 Å². The Hall–Kier alpha value is -4.03.